The number of hydrogen-bond donors (Lipinski definition) is 0. The van der Waals surface area contributed by atoms with Gasteiger partial charge in [-0.2, -0.15) is 0 Å². The molecule has 0 bridgehead atoms. The Labute approximate surface area is 95.2 Å². The van der Waals surface area contributed by atoms with Gasteiger partial charge < -0.3 is 4.74 Å². The van der Waals surface area contributed by atoms with Crippen molar-refractivity contribution in [2.75, 3.05) is 6.61 Å². The normalized spacial score (nSPS) is 12.3. The SMILES string of the molecule is CCOC(=O)C(Cl)c1cc(C)cc(C)c1. The van der Waals surface area contributed by atoms with E-state index in [0.717, 1.165) is 16.7 Å². The molecule has 1 atom stereocenters. The van der Waals surface area contributed by atoms with Crippen LogP contribution < -0.4 is 0 Å². The van der Waals surface area contributed by atoms with E-state index in [1.54, 1.807) is 6.92 Å². The van der Waals surface area contributed by atoms with Crippen molar-refractivity contribution in [3.8, 4) is 0 Å². The average Bonchev–Trinajstić information content (AvgIpc) is 2.15. The summed E-state index contributed by atoms with van der Waals surface area (Å²) in [5.41, 5.74) is 2.99. The molecule has 1 unspecified atom stereocenters. The van der Waals surface area contributed by atoms with Gasteiger partial charge in [0.1, 0.15) is 0 Å². The van der Waals surface area contributed by atoms with Crippen LogP contribution >= 0.6 is 11.6 Å². The number of alkyl halides is 1. The first kappa shape index (κ1) is 12.1. The predicted octanol–water partition coefficient (Wildman–Crippen LogP) is 3.15. The van der Waals surface area contributed by atoms with Crippen molar-refractivity contribution >= 4 is 17.6 Å². The number of halogens is 1. The molecule has 0 aliphatic heterocycles. The van der Waals surface area contributed by atoms with E-state index >= 15 is 0 Å². The molecule has 0 N–H and O–H groups in total. The monoisotopic (exact) mass is 226 g/mol. The van der Waals surface area contributed by atoms with E-state index in [-0.39, 0.29) is 5.97 Å². The zero-order valence-electron chi connectivity index (χ0n) is 9.21. The highest BCUT2D eigenvalue weighted by Gasteiger charge is 2.18. The summed E-state index contributed by atoms with van der Waals surface area (Å²) >= 11 is 6.00. The predicted molar refractivity (Wildman–Crippen MR) is 61.1 cm³/mol. The molecule has 0 amide bonds. The lowest BCUT2D eigenvalue weighted by Gasteiger charge is -2.10. The highest BCUT2D eigenvalue weighted by Crippen LogP contribution is 2.24. The topological polar surface area (TPSA) is 26.3 Å². The maximum atomic E-state index is 11.4. The van der Waals surface area contributed by atoms with Crippen LogP contribution in [0.4, 0.5) is 0 Å². The van der Waals surface area contributed by atoms with Crippen molar-refractivity contribution in [3.05, 3.63) is 34.9 Å². The summed E-state index contributed by atoms with van der Waals surface area (Å²) < 4.78 is 4.87. The van der Waals surface area contributed by atoms with E-state index in [4.69, 9.17) is 16.3 Å². The van der Waals surface area contributed by atoms with Crippen molar-refractivity contribution in [3.63, 3.8) is 0 Å². The summed E-state index contributed by atoms with van der Waals surface area (Å²) in [5.74, 6) is -0.385. The number of rotatable bonds is 3. The zero-order chi connectivity index (χ0) is 11.4. The molecule has 15 heavy (non-hydrogen) atoms. The highest BCUT2D eigenvalue weighted by atomic mass is 35.5. The standard InChI is InChI=1S/C12H15ClO2/c1-4-15-12(14)11(13)10-6-8(2)5-9(3)7-10/h5-7,11H,4H2,1-3H3. The van der Waals surface area contributed by atoms with Gasteiger partial charge in [0, 0.05) is 0 Å². The van der Waals surface area contributed by atoms with Crippen LogP contribution in [0, 0.1) is 13.8 Å². The first-order valence-electron chi connectivity index (χ1n) is 4.93. The number of aryl methyl sites for hydroxylation is 2. The largest absolute Gasteiger partial charge is 0.465 e. The molecular weight excluding hydrogens is 212 g/mol. The molecule has 0 aliphatic carbocycles. The smallest absolute Gasteiger partial charge is 0.328 e. The van der Waals surface area contributed by atoms with Crippen molar-refractivity contribution in [2.45, 2.75) is 26.1 Å². The number of hydrogen-bond acceptors (Lipinski definition) is 2. The van der Waals surface area contributed by atoms with Gasteiger partial charge in [0.15, 0.2) is 5.38 Å². The number of ether oxygens (including phenoxy) is 1. The molecule has 0 spiro atoms. The quantitative estimate of drug-likeness (QED) is 0.585. The molecule has 1 aromatic carbocycles. The lowest BCUT2D eigenvalue weighted by molar-refractivity contribution is -0.142. The summed E-state index contributed by atoms with van der Waals surface area (Å²) in [4.78, 5) is 11.4. The summed E-state index contributed by atoms with van der Waals surface area (Å²) in [6, 6.07) is 5.85. The molecule has 0 aromatic heterocycles. The molecule has 1 aromatic rings. The van der Waals surface area contributed by atoms with Crippen LogP contribution in [0.3, 0.4) is 0 Å². The molecule has 0 fully saturated rings. The number of carbonyl (C=O) groups excluding carboxylic acids is 1. The number of esters is 1. The van der Waals surface area contributed by atoms with Gasteiger partial charge in [-0.3, -0.25) is 4.79 Å². The third kappa shape index (κ3) is 3.24. The van der Waals surface area contributed by atoms with Crippen molar-refractivity contribution < 1.29 is 9.53 Å². The molecule has 3 heteroatoms. The van der Waals surface area contributed by atoms with Crippen LogP contribution in [0.15, 0.2) is 18.2 Å². The fourth-order valence-corrected chi connectivity index (χ4v) is 1.70. The Hall–Kier alpha value is -1.02. The summed E-state index contributed by atoms with van der Waals surface area (Å²) in [7, 11) is 0. The minimum atomic E-state index is -0.705. The van der Waals surface area contributed by atoms with Crippen LogP contribution in [0.1, 0.15) is 29.0 Å². The molecule has 0 saturated heterocycles. The Morgan fingerprint density at radius 2 is 1.87 bits per heavy atom. The molecular formula is C12H15ClO2. The van der Waals surface area contributed by atoms with Crippen molar-refractivity contribution in [2.24, 2.45) is 0 Å². The zero-order valence-corrected chi connectivity index (χ0v) is 9.97. The number of carbonyl (C=O) groups is 1. The van der Waals surface area contributed by atoms with Crippen molar-refractivity contribution in [1.29, 1.82) is 0 Å². The Morgan fingerprint density at radius 1 is 1.33 bits per heavy atom. The summed E-state index contributed by atoms with van der Waals surface area (Å²) in [6.45, 7) is 6.08. The van der Waals surface area contributed by atoms with Gasteiger partial charge in [0.25, 0.3) is 0 Å². The molecule has 82 valence electrons. The molecule has 2 nitrogen and oxygen atoms in total. The van der Waals surface area contributed by atoms with Crippen molar-refractivity contribution in [1.82, 2.24) is 0 Å². The van der Waals surface area contributed by atoms with Gasteiger partial charge in [-0.1, -0.05) is 29.3 Å². The van der Waals surface area contributed by atoms with Gasteiger partial charge in [-0.15, -0.1) is 11.6 Å². The maximum absolute atomic E-state index is 11.4. The second-order valence-corrected chi connectivity index (χ2v) is 3.97. The minimum absolute atomic E-state index is 0.354. The highest BCUT2D eigenvalue weighted by molar-refractivity contribution is 6.29. The summed E-state index contributed by atoms with van der Waals surface area (Å²) in [6.07, 6.45) is 0. The van der Waals surface area contributed by atoms with Gasteiger partial charge in [0.2, 0.25) is 0 Å². The maximum Gasteiger partial charge on any atom is 0.328 e. The van der Waals surface area contributed by atoms with E-state index < -0.39 is 5.38 Å². The third-order valence-corrected chi connectivity index (χ3v) is 2.46. The fourth-order valence-electron chi connectivity index (χ4n) is 1.51. The molecule has 0 saturated carbocycles. The Bertz CT molecular complexity index is 340. The number of benzene rings is 1. The fraction of sp³-hybridized carbons (Fsp3) is 0.417. The van der Waals surface area contributed by atoms with Crippen LogP contribution in [0.25, 0.3) is 0 Å². The second-order valence-electron chi connectivity index (χ2n) is 3.54. The average molecular weight is 227 g/mol. The van der Waals surface area contributed by atoms with Crippen LogP contribution in [-0.2, 0) is 9.53 Å². The molecule has 0 radical (unpaired) electrons. The Kier molecular flexibility index (Phi) is 4.15. The van der Waals surface area contributed by atoms with Crippen LogP contribution in [0.5, 0.6) is 0 Å². The van der Waals surface area contributed by atoms with E-state index in [2.05, 4.69) is 0 Å². The van der Waals surface area contributed by atoms with E-state index in [1.165, 1.54) is 0 Å². The molecule has 0 aliphatic rings. The van der Waals surface area contributed by atoms with Gasteiger partial charge in [0.05, 0.1) is 6.61 Å². The van der Waals surface area contributed by atoms with Gasteiger partial charge >= 0.3 is 5.97 Å². The molecule has 1 rings (SSSR count). The third-order valence-electron chi connectivity index (χ3n) is 2.03. The van der Waals surface area contributed by atoms with Gasteiger partial charge in [-0.25, -0.2) is 0 Å². The van der Waals surface area contributed by atoms with E-state index in [1.807, 2.05) is 32.0 Å². The van der Waals surface area contributed by atoms with Crippen LogP contribution in [-0.4, -0.2) is 12.6 Å². The van der Waals surface area contributed by atoms with E-state index in [9.17, 15) is 4.79 Å². The van der Waals surface area contributed by atoms with Crippen LogP contribution in [0.2, 0.25) is 0 Å². The van der Waals surface area contributed by atoms with E-state index in [0.29, 0.717) is 6.61 Å². The van der Waals surface area contributed by atoms with Gasteiger partial charge in [-0.05, 0) is 26.3 Å². The second kappa shape index (κ2) is 5.17. The summed E-state index contributed by atoms with van der Waals surface area (Å²) in [5, 5.41) is -0.705. The first-order valence-corrected chi connectivity index (χ1v) is 5.37. The lowest BCUT2D eigenvalue weighted by Crippen LogP contribution is -2.11. The lowest BCUT2D eigenvalue weighted by atomic mass is 10.0. The Balaban J connectivity index is 2.90. The first-order chi connectivity index (χ1) is 7.04. The minimum Gasteiger partial charge on any atom is -0.465 e. The Morgan fingerprint density at radius 3 is 2.33 bits per heavy atom. The molecule has 0 heterocycles.